The predicted molar refractivity (Wildman–Crippen MR) is 480 cm³/mol. The molecule has 0 unspecified atom stereocenters. The molecule has 0 aliphatic heterocycles. The number of phenols is 1. The highest BCUT2D eigenvalue weighted by Crippen LogP contribution is 2.24. The smallest absolute Gasteiger partial charge is 0.278 e. The van der Waals surface area contributed by atoms with Gasteiger partial charge in [-0.2, -0.15) is 50.4 Å². The van der Waals surface area contributed by atoms with E-state index in [0.29, 0.717) is 118 Å². The molecule has 6 aromatic carbocycles. The number of nitrogens with one attached hydrogen (secondary N) is 5. The zero-order valence-corrected chi connectivity index (χ0v) is 71.4. The van der Waals surface area contributed by atoms with E-state index in [1.807, 2.05) is 112 Å². The van der Waals surface area contributed by atoms with Crippen molar-refractivity contribution in [3.05, 3.63) is 359 Å². The van der Waals surface area contributed by atoms with Crippen LogP contribution in [0.15, 0.2) is 280 Å². The van der Waals surface area contributed by atoms with E-state index >= 15 is 0 Å². The van der Waals surface area contributed by atoms with Crippen LogP contribution in [0, 0.1) is 34.6 Å². The largest absolute Gasteiger partial charge is 0.508 e. The summed E-state index contributed by atoms with van der Waals surface area (Å²) in [6.07, 6.45) is 26.5. The van der Waals surface area contributed by atoms with E-state index in [1.54, 1.807) is 161 Å². The van der Waals surface area contributed by atoms with Crippen LogP contribution >= 0.6 is 0 Å². The number of methoxy groups -OCH3 is 1. The number of nitrogens with zero attached hydrogens (tertiary/aromatic N) is 25. The lowest BCUT2D eigenvalue weighted by atomic mass is 10.0. The zero-order valence-electron chi connectivity index (χ0n) is 70.6. The number of rotatable bonds is 20. The number of H-pyrrole nitrogens is 5. The Morgan fingerprint density at radius 2 is 0.615 bits per heavy atom. The number of sulfone groups is 1. The number of imidazole rings is 5. The zero-order chi connectivity index (χ0) is 90.3. The predicted octanol–water partition coefficient (Wildman–Crippen LogP) is 9.22. The molecular weight excluding hydrogens is 1680 g/mol. The summed E-state index contributed by atoms with van der Waals surface area (Å²) < 4.78 is 50.2. The normalized spacial score (nSPS) is 11.3. The SMILES string of the molecule is COc1ccc(Cn2cnc3nc(-n4cc(C)cn4)[nH]c(=O)c32)cc1.Cc1cnn(-c2nc3ncn(COCc4ccccc4)c3c(=O)[nH]2)c1.Cc1cnn(-c2nc3ncn(Cc4ccc(-c5ccccc5)cc4)c3c(=O)[nH]2)c1.Cc1cnn(-c2nc3ncn(Cc4ccc(O)cc4)c3c(=O)[nH]2)c1.Cc1cnn(-c2nc3ncn(Cc4ccc(S(C)(=O)=O)cc4)c3c(=O)[nH]2)c1. The van der Waals surface area contributed by atoms with E-state index in [1.165, 1.54) is 35.3 Å². The maximum Gasteiger partial charge on any atom is 0.278 e. The summed E-state index contributed by atoms with van der Waals surface area (Å²) in [5, 5.41) is 30.1. The lowest BCUT2D eigenvalue weighted by Crippen LogP contribution is -2.16. The van der Waals surface area contributed by atoms with Crippen molar-refractivity contribution in [2.45, 2.75) is 79.0 Å². The summed E-state index contributed by atoms with van der Waals surface area (Å²) in [6, 6.07) is 49.4. The summed E-state index contributed by atoms with van der Waals surface area (Å²) in [6.45, 7) is 12.1. The summed E-state index contributed by atoms with van der Waals surface area (Å²) in [4.78, 5) is 120. The van der Waals surface area contributed by atoms with E-state index in [4.69, 9.17) is 9.47 Å². The van der Waals surface area contributed by atoms with Gasteiger partial charge in [0.2, 0.25) is 29.7 Å². The number of aromatic nitrogens is 30. The number of phenolic OH excluding ortho intramolecular Hbond substituents is 1. The minimum atomic E-state index is -3.24. The van der Waals surface area contributed by atoms with E-state index < -0.39 is 9.84 Å². The number of hydrogen-bond donors (Lipinski definition) is 6. The van der Waals surface area contributed by atoms with Gasteiger partial charge in [0.15, 0.2) is 65.7 Å². The van der Waals surface area contributed by atoms with Crippen LogP contribution in [0.1, 0.15) is 55.6 Å². The number of aromatic hydroxyl groups is 1. The maximum absolute atomic E-state index is 12.7. The topological polar surface area (TPSA) is 480 Å². The van der Waals surface area contributed by atoms with Crippen molar-refractivity contribution in [1.29, 1.82) is 0 Å². The van der Waals surface area contributed by atoms with Crippen molar-refractivity contribution in [3.63, 3.8) is 0 Å². The first kappa shape index (κ1) is 84.8. The first-order chi connectivity index (χ1) is 62.9. The number of ether oxygens (including phenoxy) is 2. The molecule has 0 saturated carbocycles. The van der Waals surface area contributed by atoms with E-state index in [0.717, 1.165) is 73.2 Å². The van der Waals surface area contributed by atoms with E-state index in [9.17, 15) is 37.5 Å². The van der Waals surface area contributed by atoms with E-state index in [-0.39, 0.29) is 45.2 Å². The quantitative estimate of drug-likeness (QED) is 0.0414. The standard InChI is InChI=1S/C22H18N6O.C17H16N6O3S.2C17H16N6O2.C16H14N6O2/c1-15-11-24-28(12-15)22-25-20-19(21(29)26-22)27(14-23-20)13-16-7-9-18(10-8-16)17-5-3-2-4-6-17;1-11-7-19-23(8-11)17-20-15-14(16(24)21-17)22(10-18-15)9-12-3-5-13(6-4-12)27(2,25)26;1-11-7-19-23(8-11)17-20-15-14(16(24)21-17)22(10-18-15)9-12-3-5-13(25-2)6-4-12;1-12-7-19-23(8-12)17-20-15-14(16(24)21-17)22(10-18-15)11-25-9-13-5-3-2-4-6-13;1-10-6-18-22(7-10)16-19-14-13(15(24)20-16)21(9-17-14)8-11-2-4-12(23)5-3-11/h2-12,14H,13H2,1H3,(H,25,26,29);3-8,10H,9H2,1-2H3,(H,20,21,24);3-8,10H,9H2,1-2H3,(H,20,21,24);2-8,10H,9,11H2,1H3,(H,20,21,24);2-7,9,23H,8H2,1H3,(H,19,20,24). The van der Waals surface area contributed by atoms with Crippen LogP contribution in [0.25, 0.3) is 96.7 Å². The molecular formula is C89H80N30O10S. The highest BCUT2D eigenvalue weighted by Gasteiger charge is 2.20. The minimum absolute atomic E-state index is 0.202. The molecule has 0 bridgehead atoms. The number of aromatic amines is 5. The average molecular weight is 1760 g/mol. The molecule has 0 spiro atoms. The van der Waals surface area contributed by atoms with Crippen molar-refractivity contribution >= 4 is 65.7 Å². The molecule has 0 aliphatic rings. The second-order valence-corrected chi connectivity index (χ2v) is 32.3. The Labute approximate surface area is 734 Å². The Morgan fingerprint density at radius 3 is 0.915 bits per heavy atom. The second kappa shape index (κ2) is 36.8. The maximum atomic E-state index is 12.7. The molecule has 41 heteroatoms. The van der Waals surface area contributed by atoms with Gasteiger partial charge in [0, 0.05) is 63.4 Å². The van der Waals surface area contributed by atoms with Gasteiger partial charge in [-0.3, -0.25) is 48.9 Å². The molecule has 0 radical (unpaired) electrons. The fourth-order valence-electron chi connectivity index (χ4n) is 13.9. The van der Waals surface area contributed by atoms with Gasteiger partial charge in [0.1, 0.15) is 18.2 Å². The molecule has 652 valence electrons. The molecule has 6 N–H and O–H groups in total. The molecule has 15 aromatic heterocycles. The van der Waals surface area contributed by atoms with Crippen molar-refractivity contribution < 1.29 is 23.0 Å². The summed E-state index contributed by atoms with van der Waals surface area (Å²) in [7, 11) is -1.62. The molecule has 130 heavy (non-hydrogen) atoms. The van der Waals surface area contributed by atoms with Crippen molar-refractivity contribution in [3.8, 4) is 52.4 Å². The van der Waals surface area contributed by atoms with Gasteiger partial charge < -0.3 is 37.4 Å². The van der Waals surface area contributed by atoms with Crippen molar-refractivity contribution in [2.24, 2.45) is 0 Å². The fourth-order valence-corrected chi connectivity index (χ4v) is 14.5. The van der Waals surface area contributed by atoms with Crippen molar-refractivity contribution in [2.75, 3.05) is 13.4 Å². The first-order valence-electron chi connectivity index (χ1n) is 40.2. The molecule has 15 heterocycles. The van der Waals surface area contributed by atoms with Gasteiger partial charge in [-0.1, -0.05) is 121 Å². The van der Waals surface area contributed by atoms with Crippen molar-refractivity contribution in [1.82, 2.24) is 146 Å². The van der Waals surface area contributed by atoms with Crippen LogP contribution in [-0.2, 0) is 54.1 Å². The highest BCUT2D eigenvalue weighted by molar-refractivity contribution is 7.90. The molecule has 0 atom stereocenters. The summed E-state index contributed by atoms with van der Waals surface area (Å²) in [5.74, 6) is 2.65. The molecule has 21 rings (SSSR count). The monoisotopic (exact) mass is 1760 g/mol. The van der Waals surface area contributed by atoms with Crippen LogP contribution in [0.4, 0.5) is 0 Å². The Bertz CT molecular complexity index is 8070. The van der Waals surface area contributed by atoms with Gasteiger partial charge in [-0.15, -0.1) is 0 Å². The lowest BCUT2D eigenvalue weighted by Gasteiger charge is -2.07. The Kier molecular flexibility index (Phi) is 24.0. The Balaban J connectivity index is 0.000000114. The third-order valence-electron chi connectivity index (χ3n) is 20.3. The molecule has 21 aromatic rings. The summed E-state index contributed by atoms with van der Waals surface area (Å²) in [5.41, 5.74) is 14.6. The Morgan fingerprint density at radius 1 is 0.338 bits per heavy atom. The summed E-state index contributed by atoms with van der Waals surface area (Å²) >= 11 is 0. The fraction of sp³-hybridized carbons (Fsp3) is 0.146. The third-order valence-corrected chi connectivity index (χ3v) is 21.4. The Hall–Kier alpha value is -17.4. The molecule has 0 saturated heterocycles. The average Bonchev–Trinajstić information content (AvgIpc) is 1.65. The molecule has 40 nitrogen and oxygen atoms in total. The third kappa shape index (κ3) is 19.3. The number of fused-ring (bicyclic) bond motifs is 5. The first-order valence-corrected chi connectivity index (χ1v) is 42.1. The highest BCUT2D eigenvalue weighted by atomic mass is 32.2. The molecule has 0 aliphatic carbocycles. The van der Waals surface area contributed by atoms with Crippen LogP contribution in [0.5, 0.6) is 11.5 Å². The van der Waals surface area contributed by atoms with Gasteiger partial charge in [-0.25, -0.2) is 56.7 Å². The molecule has 0 amide bonds. The van der Waals surface area contributed by atoms with Gasteiger partial charge in [-0.05, 0) is 138 Å². The van der Waals surface area contributed by atoms with Crippen LogP contribution < -0.4 is 32.5 Å². The van der Waals surface area contributed by atoms with Gasteiger partial charge in [0.25, 0.3) is 27.8 Å². The van der Waals surface area contributed by atoms with Crippen LogP contribution in [0.2, 0.25) is 0 Å². The minimum Gasteiger partial charge on any atom is -0.508 e. The lowest BCUT2D eigenvalue weighted by molar-refractivity contribution is 0.0663. The number of hydrogen-bond acceptors (Lipinski definition) is 25. The molecule has 0 fully saturated rings. The number of aryl methyl sites for hydroxylation is 5. The van der Waals surface area contributed by atoms with Gasteiger partial charge in [0.05, 0.1) is 81.2 Å². The van der Waals surface area contributed by atoms with Crippen LogP contribution in [-0.4, -0.2) is 173 Å². The second-order valence-electron chi connectivity index (χ2n) is 30.3. The van der Waals surface area contributed by atoms with Gasteiger partial charge >= 0.3 is 0 Å². The van der Waals surface area contributed by atoms with E-state index in [2.05, 4.69) is 137 Å². The van der Waals surface area contributed by atoms with Crippen LogP contribution in [0.3, 0.4) is 0 Å². The number of benzene rings is 6.